The Morgan fingerprint density at radius 3 is 2.92 bits per heavy atom. The number of aryl methyl sites for hydroxylation is 1. The lowest BCUT2D eigenvalue weighted by molar-refractivity contribution is -0.145. The predicted octanol–water partition coefficient (Wildman–Crippen LogP) is 0.547. The van der Waals surface area contributed by atoms with Crippen LogP contribution in [-0.4, -0.2) is 64.9 Å². The zero-order valence-corrected chi connectivity index (χ0v) is 15.0. The quantitative estimate of drug-likeness (QED) is 0.464. The first-order valence-electron chi connectivity index (χ1n) is 8.58. The lowest BCUT2D eigenvalue weighted by Crippen LogP contribution is -2.40. The number of aliphatic imine (C=N–C) groups is 1. The Labute approximate surface area is 143 Å². The lowest BCUT2D eigenvalue weighted by atomic mass is 9.99. The highest BCUT2D eigenvalue weighted by Crippen LogP contribution is 2.24. The average Bonchev–Trinajstić information content (AvgIpc) is 3.19. The largest absolute Gasteiger partial charge is 0.469 e. The van der Waals surface area contributed by atoms with Crippen LogP contribution in [0.3, 0.4) is 0 Å². The zero-order chi connectivity index (χ0) is 17.5. The number of likely N-dealkylation sites (tertiary alicyclic amines) is 1. The van der Waals surface area contributed by atoms with Crippen molar-refractivity contribution in [3.05, 3.63) is 12.2 Å². The molecule has 1 saturated heterocycles. The number of hydrogen-bond donors (Lipinski definition) is 1. The molecule has 8 heteroatoms. The molecule has 2 unspecified atom stereocenters. The predicted molar refractivity (Wildman–Crippen MR) is 91.6 cm³/mol. The third-order valence-corrected chi connectivity index (χ3v) is 4.37. The fourth-order valence-corrected chi connectivity index (χ4v) is 3.03. The van der Waals surface area contributed by atoms with Crippen LogP contribution in [0.5, 0.6) is 0 Å². The number of nitrogens with one attached hydrogen (secondary N) is 1. The summed E-state index contributed by atoms with van der Waals surface area (Å²) < 4.78 is 6.93. The molecule has 0 spiro atoms. The molecule has 1 aliphatic heterocycles. The van der Waals surface area contributed by atoms with Gasteiger partial charge in [-0.3, -0.25) is 9.79 Å². The highest BCUT2D eigenvalue weighted by molar-refractivity contribution is 5.82. The Kier molecular flexibility index (Phi) is 6.57. The number of aromatic nitrogens is 3. The number of guanidine groups is 1. The molecule has 2 heterocycles. The number of nitrogens with zero attached hydrogens (tertiary/aromatic N) is 5. The molecule has 1 aromatic heterocycles. The maximum Gasteiger partial charge on any atom is 0.310 e. The van der Waals surface area contributed by atoms with E-state index in [9.17, 15) is 4.79 Å². The van der Waals surface area contributed by atoms with Crippen LogP contribution in [0.1, 0.15) is 26.6 Å². The molecular formula is C16H28N6O2. The summed E-state index contributed by atoms with van der Waals surface area (Å²) >= 11 is 0. The minimum atomic E-state index is -0.141. The fraction of sp³-hybridized carbons (Fsp3) is 0.750. The number of esters is 1. The highest BCUT2D eigenvalue weighted by Gasteiger charge is 2.36. The first-order chi connectivity index (χ1) is 11.6. The molecule has 8 nitrogen and oxygen atoms in total. The smallest absolute Gasteiger partial charge is 0.310 e. The van der Waals surface area contributed by atoms with Crippen LogP contribution in [0.2, 0.25) is 0 Å². The van der Waals surface area contributed by atoms with Gasteiger partial charge in [0.1, 0.15) is 12.2 Å². The third kappa shape index (κ3) is 4.24. The van der Waals surface area contributed by atoms with Gasteiger partial charge in [-0.15, -0.1) is 10.2 Å². The summed E-state index contributed by atoms with van der Waals surface area (Å²) in [6, 6.07) is 0. The van der Waals surface area contributed by atoms with Crippen LogP contribution in [-0.2, 0) is 22.5 Å². The summed E-state index contributed by atoms with van der Waals surface area (Å²) in [4.78, 5) is 18.7. The molecule has 0 amide bonds. The molecule has 24 heavy (non-hydrogen) atoms. The first kappa shape index (κ1) is 18.2. The van der Waals surface area contributed by atoms with Crippen molar-refractivity contribution in [2.24, 2.45) is 16.8 Å². The van der Waals surface area contributed by atoms with Crippen LogP contribution in [0, 0.1) is 11.8 Å². The van der Waals surface area contributed by atoms with E-state index in [1.807, 2.05) is 11.5 Å². The molecule has 1 N–H and O–H groups in total. The second kappa shape index (κ2) is 8.65. The summed E-state index contributed by atoms with van der Waals surface area (Å²) in [5, 5.41) is 11.3. The Balaban J connectivity index is 1.99. The average molecular weight is 336 g/mol. The van der Waals surface area contributed by atoms with Gasteiger partial charge in [0.05, 0.1) is 19.6 Å². The van der Waals surface area contributed by atoms with E-state index in [1.54, 1.807) is 6.33 Å². The molecule has 0 saturated carbocycles. The number of rotatable bonds is 6. The van der Waals surface area contributed by atoms with Gasteiger partial charge in [0, 0.05) is 32.6 Å². The van der Waals surface area contributed by atoms with Crippen molar-refractivity contribution in [2.45, 2.75) is 33.7 Å². The number of methoxy groups -OCH3 is 1. The molecule has 134 valence electrons. The minimum Gasteiger partial charge on any atom is -0.469 e. The molecule has 0 bridgehead atoms. The molecule has 0 aromatic carbocycles. The Hall–Kier alpha value is -2.12. The van der Waals surface area contributed by atoms with Crippen LogP contribution >= 0.6 is 0 Å². The van der Waals surface area contributed by atoms with Gasteiger partial charge in [-0.1, -0.05) is 13.8 Å². The molecule has 0 radical (unpaired) electrons. The van der Waals surface area contributed by atoms with E-state index in [4.69, 9.17) is 9.73 Å². The van der Waals surface area contributed by atoms with E-state index in [-0.39, 0.29) is 17.8 Å². The van der Waals surface area contributed by atoms with Crippen molar-refractivity contribution in [2.75, 3.05) is 33.3 Å². The number of ether oxygens (including phenoxy) is 1. The lowest BCUT2D eigenvalue weighted by Gasteiger charge is -2.21. The van der Waals surface area contributed by atoms with Gasteiger partial charge in [-0.2, -0.15) is 0 Å². The number of hydrogen-bond acceptors (Lipinski definition) is 5. The van der Waals surface area contributed by atoms with Crippen molar-refractivity contribution in [3.8, 4) is 0 Å². The SMILES string of the molecule is CCNC(=NCCn1cnnc1CC)N1CC(C)C(C(=O)OC)C1. The van der Waals surface area contributed by atoms with Crippen LogP contribution in [0.25, 0.3) is 0 Å². The fourth-order valence-electron chi connectivity index (χ4n) is 3.03. The van der Waals surface area contributed by atoms with Gasteiger partial charge in [-0.05, 0) is 12.8 Å². The van der Waals surface area contributed by atoms with Gasteiger partial charge in [-0.25, -0.2) is 0 Å². The van der Waals surface area contributed by atoms with E-state index >= 15 is 0 Å². The molecule has 2 rings (SSSR count). The van der Waals surface area contributed by atoms with Crippen LogP contribution < -0.4 is 5.32 Å². The van der Waals surface area contributed by atoms with Crippen molar-refractivity contribution in [1.82, 2.24) is 25.0 Å². The van der Waals surface area contributed by atoms with Gasteiger partial charge in [0.15, 0.2) is 5.96 Å². The molecule has 2 atom stereocenters. The Morgan fingerprint density at radius 2 is 2.25 bits per heavy atom. The van der Waals surface area contributed by atoms with Crippen molar-refractivity contribution < 1.29 is 9.53 Å². The van der Waals surface area contributed by atoms with E-state index in [1.165, 1.54) is 7.11 Å². The summed E-state index contributed by atoms with van der Waals surface area (Å²) in [7, 11) is 1.45. The second-order valence-electron chi connectivity index (χ2n) is 6.04. The normalized spacial score (nSPS) is 21.2. The standard InChI is InChI=1S/C16H28N6O2/c1-5-14-20-19-11-21(14)8-7-18-16(17-6-2)22-9-12(3)13(10-22)15(23)24-4/h11-13H,5-10H2,1-4H3,(H,17,18). The molecule has 1 fully saturated rings. The van der Waals surface area contributed by atoms with Crippen LogP contribution in [0.4, 0.5) is 0 Å². The summed E-state index contributed by atoms with van der Waals surface area (Å²) in [5.74, 6) is 1.84. The maximum absolute atomic E-state index is 11.9. The van der Waals surface area contributed by atoms with Crippen molar-refractivity contribution >= 4 is 11.9 Å². The first-order valence-corrected chi connectivity index (χ1v) is 8.58. The van der Waals surface area contributed by atoms with Gasteiger partial charge in [0.2, 0.25) is 0 Å². The van der Waals surface area contributed by atoms with E-state index in [2.05, 4.69) is 34.3 Å². The van der Waals surface area contributed by atoms with Crippen LogP contribution in [0.15, 0.2) is 11.3 Å². The topological polar surface area (TPSA) is 84.6 Å². The monoisotopic (exact) mass is 336 g/mol. The zero-order valence-electron chi connectivity index (χ0n) is 15.0. The molecular weight excluding hydrogens is 308 g/mol. The molecule has 0 aliphatic carbocycles. The number of carbonyl (C=O) groups is 1. The van der Waals surface area contributed by atoms with Gasteiger partial charge >= 0.3 is 5.97 Å². The summed E-state index contributed by atoms with van der Waals surface area (Å²) in [6.45, 7) is 9.81. The second-order valence-corrected chi connectivity index (χ2v) is 6.04. The van der Waals surface area contributed by atoms with E-state index in [0.29, 0.717) is 13.1 Å². The van der Waals surface area contributed by atoms with Gasteiger partial charge < -0.3 is 19.5 Å². The Bertz CT molecular complexity index is 571. The molecule has 1 aromatic rings. The number of carbonyl (C=O) groups excluding carboxylic acids is 1. The minimum absolute atomic E-state index is 0.0941. The highest BCUT2D eigenvalue weighted by atomic mass is 16.5. The Morgan fingerprint density at radius 1 is 1.46 bits per heavy atom. The summed E-state index contributed by atoms with van der Waals surface area (Å²) in [6.07, 6.45) is 2.60. The van der Waals surface area contributed by atoms with Crippen molar-refractivity contribution in [1.29, 1.82) is 0 Å². The molecule has 1 aliphatic rings. The van der Waals surface area contributed by atoms with Gasteiger partial charge in [0.25, 0.3) is 0 Å². The van der Waals surface area contributed by atoms with E-state index < -0.39 is 0 Å². The summed E-state index contributed by atoms with van der Waals surface area (Å²) in [5.41, 5.74) is 0. The third-order valence-electron chi connectivity index (χ3n) is 4.37. The van der Waals surface area contributed by atoms with Crippen molar-refractivity contribution in [3.63, 3.8) is 0 Å². The maximum atomic E-state index is 11.9. The van der Waals surface area contributed by atoms with E-state index in [0.717, 1.165) is 37.8 Å².